The molecule has 0 aromatic heterocycles. The van der Waals surface area contributed by atoms with Crippen LogP contribution in [-0.4, -0.2) is 71.5 Å². The molecule has 2 fully saturated rings. The third-order valence-electron chi connectivity index (χ3n) is 11.6. The zero-order valence-electron chi connectivity index (χ0n) is 29.1. The zero-order chi connectivity index (χ0) is 34.7. The van der Waals surface area contributed by atoms with E-state index in [0.717, 1.165) is 81.8 Å². The second-order valence-corrected chi connectivity index (χ2v) is 17.2. The van der Waals surface area contributed by atoms with Gasteiger partial charge in [-0.05, 0) is 124 Å². The lowest BCUT2D eigenvalue weighted by molar-refractivity contribution is -0.172. The summed E-state index contributed by atoms with van der Waals surface area (Å²) in [6.45, 7) is 5.52. The van der Waals surface area contributed by atoms with Gasteiger partial charge in [-0.15, -0.1) is 0 Å². The van der Waals surface area contributed by atoms with Crippen molar-refractivity contribution in [1.82, 2.24) is 4.72 Å². The highest BCUT2D eigenvalue weighted by molar-refractivity contribution is 7.90. The molecule has 1 N–H and O–H groups in total. The average Bonchev–Trinajstić information content (AvgIpc) is 3.24. The smallest absolute Gasteiger partial charge is 0.264 e. The van der Waals surface area contributed by atoms with Crippen molar-refractivity contribution in [2.45, 2.75) is 101 Å². The molecule has 2 aromatic carbocycles. The van der Waals surface area contributed by atoms with Crippen LogP contribution in [0.15, 0.2) is 48.6 Å². The first-order valence-corrected chi connectivity index (χ1v) is 20.6. The van der Waals surface area contributed by atoms with Crippen LogP contribution in [0.2, 0.25) is 5.02 Å². The van der Waals surface area contributed by atoms with Crippen LogP contribution < -0.4 is 14.4 Å². The van der Waals surface area contributed by atoms with Crippen molar-refractivity contribution in [1.29, 1.82) is 0 Å². The lowest BCUT2D eigenvalue weighted by atomic mass is 9.68. The molecule has 2 aliphatic carbocycles. The molecule has 0 radical (unpaired) electrons. The van der Waals surface area contributed by atoms with Crippen LogP contribution in [0, 0.1) is 11.8 Å². The molecule has 6 atom stereocenters. The summed E-state index contributed by atoms with van der Waals surface area (Å²) in [7, 11) is -3.90. The summed E-state index contributed by atoms with van der Waals surface area (Å²) in [5.41, 5.74) is 3.42. The maximum atomic E-state index is 13.5. The van der Waals surface area contributed by atoms with Gasteiger partial charge in [-0.25, -0.2) is 13.1 Å². The number of nitrogens with one attached hydrogen (secondary N) is 1. The lowest BCUT2D eigenvalue weighted by Crippen LogP contribution is -2.49. The molecule has 1 amide bonds. The fraction of sp³-hybridized carbons (Fsp3) is 0.615. The van der Waals surface area contributed by atoms with E-state index in [1.54, 1.807) is 6.07 Å². The first-order valence-electron chi connectivity index (χ1n) is 18.6. The van der Waals surface area contributed by atoms with Crippen molar-refractivity contribution >= 4 is 33.2 Å². The van der Waals surface area contributed by atoms with E-state index < -0.39 is 21.2 Å². The van der Waals surface area contributed by atoms with Gasteiger partial charge >= 0.3 is 0 Å². The summed E-state index contributed by atoms with van der Waals surface area (Å²) >= 11 is 6.46. The molecule has 0 unspecified atom stereocenters. The van der Waals surface area contributed by atoms with Crippen LogP contribution in [0.4, 0.5) is 5.69 Å². The number of halogens is 1. The van der Waals surface area contributed by atoms with Crippen LogP contribution in [0.5, 0.6) is 5.75 Å². The Morgan fingerprint density at radius 3 is 2.72 bits per heavy atom. The predicted molar refractivity (Wildman–Crippen MR) is 195 cm³/mol. The molecule has 7 rings (SSSR count). The monoisotopic (exact) mass is 726 g/mol. The van der Waals surface area contributed by atoms with E-state index in [1.807, 2.05) is 25.1 Å². The summed E-state index contributed by atoms with van der Waals surface area (Å²) in [4.78, 5) is 15.9. The van der Waals surface area contributed by atoms with Gasteiger partial charge in [-0.1, -0.05) is 36.7 Å². The number of carbonyl (C=O) groups excluding carboxylic acids is 1. The van der Waals surface area contributed by atoms with Gasteiger partial charge in [-0.2, -0.15) is 0 Å². The van der Waals surface area contributed by atoms with Crippen molar-refractivity contribution in [3.63, 3.8) is 0 Å². The van der Waals surface area contributed by atoms with Gasteiger partial charge in [0.1, 0.15) is 5.75 Å². The third kappa shape index (κ3) is 7.75. The number of hydrogen-bond donors (Lipinski definition) is 1. The number of hydrogen-bond acceptors (Lipinski definition) is 8. The van der Waals surface area contributed by atoms with E-state index in [4.69, 9.17) is 30.5 Å². The molecule has 2 bridgehead atoms. The van der Waals surface area contributed by atoms with Gasteiger partial charge in [0.2, 0.25) is 10.0 Å². The predicted octanol–water partition coefficient (Wildman–Crippen LogP) is 6.96. The molecule has 50 heavy (non-hydrogen) atoms. The van der Waals surface area contributed by atoms with Crippen LogP contribution in [0.1, 0.15) is 92.6 Å². The highest BCUT2D eigenvalue weighted by atomic mass is 35.5. The first-order chi connectivity index (χ1) is 24.2. The standard InChI is InChI=1S/C39H51ClN2O7S/c1-2-31-9-3-4-10-35(46-20-21-48-37-11-5-6-19-47-37)32-15-12-29(32)24-42-25-39(18-7-8-27-22-30(40)14-16-33(27)39)26-49-36-17-13-28(23-34(36)42)38(43)41-50(31,44)45/h4,10,13-14,16-17,22-23,29,31-32,35,37H,2-3,5-9,11-12,15,18-21,24-26H2,1H3,(H,41,43)/b10-4-/t29-,31+,32+,35-,37-,39-/m0/s1. The minimum absolute atomic E-state index is 0.116. The van der Waals surface area contributed by atoms with Crippen LogP contribution in [0.3, 0.4) is 0 Å². The Morgan fingerprint density at radius 1 is 1.04 bits per heavy atom. The molecule has 3 aliphatic heterocycles. The molecular weight excluding hydrogens is 676 g/mol. The van der Waals surface area contributed by atoms with Gasteiger partial charge in [0.05, 0.1) is 36.9 Å². The molecule has 1 saturated carbocycles. The van der Waals surface area contributed by atoms with E-state index in [0.29, 0.717) is 62.2 Å². The topological polar surface area (TPSA) is 103 Å². The number of anilines is 1. The van der Waals surface area contributed by atoms with Gasteiger partial charge in [0, 0.05) is 35.7 Å². The fourth-order valence-corrected chi connectivity index (χ4v) is 10.3. The fourth-order valence-electron chi connectivity index (χ4n) is 8.68. The molecule has 9 nitrogen and oxygen atoms in total. The van der Waals surface area contributed by atoms with Crippen molar-refractivity contribution in [3.05, 3.63) is 70.3 Å². The maximum Gasteiger partial charge on any atom is 0.264 e. The van der Waals surface area contributed by atoms with E-state index in [2.05, 4.69) is 33.9 Å². The Hall–Kier alpha value is -2.63. The SMILES string of the molecule is CC[C@@H]1CC/C=C\[C@H](OCCO[C@H]2CCCCO2)[C@@H]2CC[C@H]2CN2C[C@@]3(CCCc4cc(Cl)ccc43)COc3ccc(cc32)C(=O)NS1(=O)=O. The Kier molecular flexibility index (Phi) is 11.1. The van der Waals surface area contributed by atoms with Gasteiger partial charge < -0.3 is 23.8 Å². The van der Waals surface area contributed by atoms with Gasteiger partial charge in [-0.3, -0.25) is 4.79 Å². The van der Waals surface area contributed by atoms with E-state index in [9.17, 15) is 13.2 Å². The number of carbonyl (C=O) groups is 1. The number of nitrogens with zero attached hydrogens (tertiary/aromatic N) is 1. The molecule has 11 heteroatoms. The van der Waals surface area contributed by atoms with Gasteiger partial charge in [0.15, 0.2) is 6.29 Å². The molecule has 272 valence electrons. The Labute approximate surface area is 302 Å². The van der Waals surface area contributed by atoms with Crippen molar-refractivity contribution in [2.75, 3.05) is 44.4 Å². The largest absolute Gasteiger partial charge is 0.490 e. The minimum Gasteiger partial charge on any atom is -0.490 e. The number of amides is 1. The molecule has 1 saturated heterocycles. The zero-order valence-corrected chi connectivity index (χ0v) is 30.7. The summed E-state index contributed by atoms with van der Waals surface area (Å²) in [5.74, 6) is 0.753. The first kappa shape index (κ1) is 35.8. The third-order valence-corrected chi connectivity index (χ3v) is 13.7. The Morgan fingerprint density at radius 2 is 1.92 bits per heavy atom. The molecule has 3 heterocycles. The molecular formula is C39H51ClN2O7S. The second kappa shape index (κ2) is 15.5. The summed E-state index contributed by atoms with van der Waals surface area (Å²) in [6, 6.07) is 11.6. The molecule has 5 aliphatic rings. The lowest BCUT2D eigenvalue weighted by Gasteiger charge is -2.46. The van der Waals surface area contributed by atoms with Crippen LogP contribution >= 0.6 is 11.6 Å². The molecule has 1 spiro atoms. The number of ether oxygens (including phenoxy) is 4. The van der Waals surface area contributed by atoms with E-state index in [1.165, 1.54) is 11.1 Å². The highest BCUT2D eigenvalue weighted by Crippen LogP contribution is 2.47. The summed E-state index contributed by atoms with van der Waals surface area (Å²) in [5, 5.41) is 0.0525. The van der Waals surface area contributed by atoms with Crippen molar-refractivity contribution < 1.29 is 32.2 Å². The van der Waals surface area contributed by atoms with Crippen molar-refractivity contribution in [2.24, 2.45) is 11.8 Å². The minimum atomic E-state index is -3.90. The summed E-state index contributed by atoms with van der Waals surface area (Å²) < 4.78 is 54.2. The number of benzene rings is 2. The van der Waals surface area contributed by atoms with Crippen molar-refractivity contribution in [3.8, 4) is 5.75 Å². The van der Waals surface area contributed by atoms with Gasteiger partial charge in [0.25, 0.3) is 5.91 Å². The number of fused-ring (bicyclic) bond motifs is 4. The average molecular weight is 727 g/mol. The number of aryl methyl sites for hydroxylation is 1. The number of sulfonamides is 1. The van der Waals surface area contributed by atoms with E-state index >= 15 is 0 Å². The highest BCUT2D eigenvalue weighted by Gasteiger charge is 2.44. The molecule has 2 aromatic rings. The summed E-state index contributed by atoms with van der Waals surface area (Å²) in [6.07, 6.45) is 13.5. The normalized spacial score (nSPS) is 31.7. The second-order valence-electron chi connectivity index (χ2n) is 14.8. The Bertz CT molecular complexity index is 1660. The maximum absolute atomic E-state index is 13.5. The number of allylic oxidation sites excluding steroid dienone is 1. The quantitative estimate of drug-likeness (QED) is 0.252. The number of rotatable bonds is 6. The van der Waals surface area contributed by atoms with Crippen LogP contribution in [0.25, 0.3) is 0 Å². The van der Waals surface area contributed by atoms with Crippen LogP contribution in [-0.2, 0) is 36.1 Å². The Balaban J connectivity index is 1.20. The van der Waals surface area contributed by atoms with E-state index in [-0.39, 0.29) is 17.8 Å².